The van der Waals surface area contributed by atoms with Crippen molar-refractivity contribution in [3.05, 3.63) is 22.7 Å². The molecule has 0 saturated carbocycles. The normalized spacial score (nSPS) is 10.9. The summed E-state index contributed by atoms with van der Waals surface area (Å²) in [5, 5.41) is 15.0. The van der Waals surface area contributed by atoms with Crippen molar-refractivity contribution >= 4 is 44.9 Å². The van der Waals surface area contributed by atoms with Crippen molar-refractivity contribution < 1.29 is 14.7 Å². The molecule has 0 atom stereocenters. The Labute approximate surface area is 112 Å². The fraction of sp³-hybridized carbons (Fsp3) is 0.182. The maximum absolute atomic E-state index is 10.9. The highest BCUT2D eigenvalue weighted by atomic mass is 79.9. The summed E-state index contributed by atoms with van der Waals surface area (Å²) >= 11 is 3.29. The largest absolute Gasteiger partial charge is 0.477 e. The number of carboxylic acids is 1. The zero-order valence-corrected chi connectivity index (χ0v) is 11.4. The Morgan fingerprint density at radius 1 is 1.33 bits per heavy atom. The van der Waals surface area contributed by atoms with E-state index < -0.39 is 5.97 Å². The van der Waals surface area contributed by atoms with Crippen LogP contribution in [-0.4, -0.2) is 22.7 Å². The predicted molar refractivity (Wildman–Crippen MR) is 72.8 cm³/mol. The molecule has 96 valence electrons. The number of hydrazone groups is 1. The van der Waals surface area contributed by atoms with Gasteiger partial charge in [-0.05, 0) is 41.1 Å². The molecule has 0 aromatic heterocycles. The molecule has 0 bridgehead atoms. The minimum Gasteiger partial charge on any atom is -0.477 e. The van der Waals surface area contributed by atoms with Crippen LogP contribution in [0.25, 0.3) is 0 Å². The predicted octanol–water partition coefficient (Wildman–Crippen LogP) is 2.28. The van der Waals surface area contributed by atoms with E-state index >= 15 is 0 Å². The zero-order chi connectivity index (χ0) is 13.7. The van der Waals surface area contributed by atoms with E-state index in [0.29, 0.717) is 15.8 Å². The summed E-state index contributed by atoms with van der Waals surface area (Å²) in [6, 6.07) is 5.05. The number of hydrogen-bond donors (Lipinski definition) is 3. The molecule has 0 fully saturated rings. The molecule has 18 heavy (non-hydrogen) atoms. The summed E-state index contributed by atoms with van der Waals surface area (Å²) in [5.74, 6) is -1.25. The fourth-order valence-corrected chi connectivity index (χ4v) is 1.55. The van der Waals surface area contributed by atoms with Gasteiger partial charge < -0.3 is 10.4 Å². The van der Waals surface area contributed by atoms with Crippen LogP contribution in [0.4, 0.5) is 11.4 Å². The van der Waals surface area contributed by atoms with E-state index in [1.165, 1.54) is 13.8 Å². The molecule has 0 aliphatic heterocycles. The van der Waals surface area contributed by atoms with Crippen molar-refractivity contribution in [2.75, 3.05) is 10.7 Å². The lowest BCUT2D eigenvalue weighted by Gasteiger charge is -2.07. The average Bonchev–Trinajstić information content (AvgIpc) is 2.26. The maximum Gasteiger partial charge on any atom is 0.351 e. The second kappa shape index (κ2) is 6.15. The van der Waals surface area contributed by atoms with Crippen LogP contribution in [0.1, 0.15) is 13.8 Å². The van der Waals surface area contributed by atoms with Crippen molar-refractivity contribution in [1.29, 1.82) is 0 Å². The molecule has 0 aliphatic carbocycles. The number of hydrogen-bond acceptors (Lipinski definition) is 4. The van der Waals surface area contributed by atoms with Crippen molar-refractivity contribution in [2.45, 2.75) is 13.8 Å². The summed E-state index contributed by atoms with van der Waals surface area (Å²) in [7, 11) is 0. The third-order valence-corrected chi connectivity index (χ3v) is 2.60. The van der Waals surface area contributed by atoms with E-state index in [9.17, 15) is 9.59 Å². The number of anilines is 2. The fourth-order valence-electron chi connectivity index (χ4n) is 1.08. The van der Waals surface area contributed by atoms with Gasteiger partial charge in [-0.25, -0.2) is 4.79 Å². The number of nitrogens with one attached hydrogen (secondary N) is 2. The molecule has 1 rings (SSSR count). The molecule has 1 amide bonds. The minimum atomic E-state index is -1.09. The molecule has 1 aromatic carbocycles. The van der Waals surface area contributed by atoms with Crippen molar-refractivity contribution in [2.24, 2.45) is 5.10 Å². The Morgan fingerprint density at radius 2 is 2.00 bits per heavy atom. The molecule has 3 N–H and O–H groups in total. The molecule has 0 spiro atoms. The van der Waals surface area contributed by atoms with Gasteiger partial charge in [0, 0.05) is 17.1 Å². The Kier molecular flexibility index (Phi) is 4.85. The number of halogens is 1. The lowest BCUT2D eigenvalue weighted by atomic mass is 10.3. The quantitative estimate of drug-likeness (QED) is 0.587. The number of amides is 1. The van der Waals surface area contributed by atoms with Gasteiger partial charge in [0.25, 0.3) is 0 Å². The first kappa shape index (κ1) is 14.2. The molecule has 0 heterocycles. The highest BCUT2D eigenvalue weighted by Crippen LogP contribution is 2.26. The monoisotopic (exact) mass is 313 g/mol. The number of nitrogens with zero attached hydrogens (tertiary/aromatic N) is 1. The molecule has 0 saturated heterocycles. The van der Waals surface area contributed by atoms with Gasteiger partial charge in [0.05, 0.1) is 5.69 Å². The standard InChI is InChI=1S/C11H12BrN3O3/c1-6(11(17)18)14-15-10-4-3-8(5-9(10)12)13-7(2)16/h3-5,15H,1-2H3,(H,13,16)(H,17,18)/b14-6+. The van der Waals surface area contributed by atoms with Crippen LogP contribution in [0, 0.1) is 0 Å². The lowest BCUT2D eigenvalue weighted by molar-refractivity contribution is -0.129. The van der Waals surface area contributed by atoms with E-state index in [1.54, 1.807) is 18.2 Å². The number of carbonyl (C=O) groups is 2. The van der Waals surface area contributed by atoms with Gasteiger partial charge in [-0.15, -0.1) is 0 Å². The topological polar surface area (TPSA) is 90.8 Å². The van der Waals surface area contributed by atoms with Crippen LogP contribution in [0.3, 0.4) is 0 Å². The van der Waals surface area contributed by atoms with Crippen LogP contribution in [0.5, 0.6) is 0 Å². The average molecular weight is 314 g/mol. The van der Waals surface area contributed by atoms with Crippen LogP contribution in [0.15, 0.2) is 27.8 Å². The first-order valence-electron chi connectivity index (χ1n) is 5.01. The summed E-state index contributed by atoms with van der Waals surface area (Å²) in [5.41, 5.74) is 3.81. The Balaban J connectivity index is 2.83. The first-order chi connectivity index (χ1) is 8.40. The van der Waals surface area contributed by atoms with E-state index in [0.717, 1.165) is 0 Å². The van der Waals surface area contributed by atoms with Gasteiger partial charge in [-0.1, -0.05) is 0 Å². The molecule has 7 heteroatoms. The smallest absolute Gasteiger partial charge is 0.351 e. The lowest BCUT2D eigenvalue weighted by Crippen LogP contribution is -2.10. The van der Waals surface area contributed by atoms with E-state index in [1.807, 2.05) is 0 Å². The SMILES string of the molecule is CC(=O)Nc1ccc(N/N=C(\C)C(=O)O)c(Br)c1. The molecule has 0 aliphatic rings. The van der Waals surface area contributed by atoms with Crippen molar-refractivity contribution in [3.8, 4) is 0 Å². The third kappa shape index (κ3) is 4.17. The van der Waals surface area contributed by atoms with E-state index in [4.69, 9.17) is 5.11 Å². The van der Waals surface area contributed by atoms with E-state index in [2.05, 4.69) is 31.8 Å². The molecule has 1 aromatic rings. The van der Waals surface area contributed by atoms with Crippen LogP contribution < -0.4 is 10.7 Å². The van der Waals surface area contributed by atoms with Gasteiger partial charge >= 0.3 is 5.97 Å². The number of benzene rings is 1. The summed E-state index contributed by atoms with van der Waals surface area (Å²) in [6.07, 6.45) is 0. The Morgan fingerprint density at radius 3 is 2.50 bits per heavy atom. The van der Waals surface area contributed by atoms with Gasteiger partial charge in [-0.3, -0.25) is 10.2 Å². The van der Waals surface area contributed by atoms with Crippen molar-refractivity contribution in [1.82, 2.24) is 0 Å². The highest BCUT2D eigenvalue weighted by molar-refractivity contribution is 9.10. The summed E-state index contributed by atoms with van der Waals surface area (Å²) < 4.78 is 0.663. The number of rotatable bonds is 4. The van der Waals surface area contributed by atoms with Crippen LogP contribution >= 0.6 is 15.9 Å². The maximum atomic E-state index is 10.9. The first-order valence-corrected chi connectivity index (χ1v) is 5.80. The van der Waals surface area contributed by atoms with Crippen LogP contribution in [0.2, 0.25) is 0 Å². The summed E-state index contributed by atoms with van der Waals surface area (Å²) in [4.78, 5) is 21.4. The van der Waals surface area contributed by atoms with Gasteiger partial charge in [-0.2, -0.15) is 5.10 Å². The second-order valence-electron chi connectivity index (χ2n) is 3.49. The number of carbonyl (C=O) groups excluding carboxylic acids is 1. The minimum absolute atomic E-state index is 0.0483. The molecule has 0 radical (unpaired) electrons. The van der Waals surface area contributed by atoms with Gasteiger partial charge in [0.2, 0.25) is 5.91 Å². The third-order valence-electron chi connectivity index (χ3n) is 1.94. The van der Waals surface area contributed by atoms with Gasteiger partial charge in [0.15, 0.2) is 0 Å². The molecular weight excluding hydrogens is 302 g/mol. The zero-order valence-electron chi connectivity index (χ0n) is 9.82. The number of aliphatic carboxylic acids is 1. The molecular formula is C11H12BrN3O3. The van der Waals surface area contributed by atoms with Gasteiger partial charge in [0.1, 0.15) is 5.71 Å². The van der Waals surface area contributed by atoms with Crippen LogP contribution in [-0.2, 0) is 9.59 Å². The van der Waals surface area contributed by atoms with E-state index in [-0.39, 0.29) is 11.6 Å². The summed E-state index contributed by atoms with van der Waals surface area (Å²) in [6.45, 7) is 2.80. The van der Waals surface area contributed by atoms with Crippen molar-refractivity contribution in [3.63, 3.8) is 0 Å². The Bertz CT molecular complexity index is 514. The molecule has 0 unspecified atom stereocenters. The molecule has 6 nitrogen and oxygen atoms in total. The second-order valence-corrected chi connectivity index (χ2v) is 4.34. The Hall–Kier alpha value is -1.89. The highest BCUT2D eigenvalue weighted by Gasteiger charge is 2.04. The number of carboxylic acid groups (broad SMARTS) is 1.